The van der Waals surface area contributed by atoms with E-state index in [9.17, 15) is 5.11 Å². The van der Waals surface area contributed by atoms with Crippen LogP contribution in [0.25, 0.3) is 55.3 Å². The molecule has 5 aromatic rings. The first kappa shape index (κ1) is 20.4. The van der Waals surface area contributed by atoms with Crippen molar-refractivity contribution < 1.29 is 5.11 Å². The third-order valence-corrected chi connectivity index (χ3v) is 8.13. The summed E-state index contributed by atoms with van der Waals surface area (Å²) in [6, 6.07) is 35.6. The maximum absolute atomic E-state index is 9.68. The smallest absolute Gasteiger partial charge is 0.0431 e. The van der Waals surface area contributed by atoms with Crippen LogP contribution >= 0.6 is 0 Å². The van der Waals surface area contributed by atoms with Crippen molar-refractivity contribution in [1.29, 1.82) is 0 Å². The Labute approximate surface area is 206 Å². The van der Waals surface area contributed by atoms with Gasteiger partial charge in [-0.1, -0.05) is 97.1 Å². The molecule has 0 spiro atoms. The summed E-state index contributed by atoms with van der Waals surface area (Å²) in [4.78, 5) is 0. The number of aliphatic hydroxyl groups is 1. The van der Waals surface area contributed by atoms with Crippen LogP contribution in [-0.2, 0) is 5.41 Å². The molecule has 0 aromatic heterocycles. The molecule has 0 saturated heterocycles. The van der Waals surface area contributed by atoms with E-state index < -0.39 is 0 Å². The molecule has 35 heavy (non-hydrogen) atoms. The zero-order valence-corrected chi connectivity index (χ0v) is 19.6. The summed E-state index contributed by atoms with van der Waals surface area (Å²) in [6.45, 7) is 4.47. The highest BCUT2D eigenvalue weighted by Gasteiger charge is 2.40. The maximum Gasteiger partial charge on any atom is 0.0431 e. The molecule has 0 radical (unpaired) electrons. The molecule has 0 amide bonds. The van der Waals surface area contributed by atoms with Gasteiger partial charge in [0.05, 0.1) is 0 Å². The second kappa shape index (κ2) is 7.53. The molecular weight excluding hydrogens is 424 g/mol. The highest BCUT2D eigenvalue weighted by Crippen LogP contribution is 2.54. The molecule has 0 bridgehead atoms. The van der Waals surface area contributed by atoms with Crippen LogP contribution < -0.4 is 0 Å². The fraction of sp³-hybridized carbons (Fsp3) is 0.118. The van der Waals surface area contributed by atoms with Gasteiger partial charge in [0.15, 0.2) is 0 Å². The van der Waals surface area contributed by atoms with E-state index in [0.29, 0.717) is 0 Å². The number of aliphatic hydroxyl groups excluding tert-OH is 1. The summed E-state index contributed by atoms with van der Waals surface area (Å²) in [5, 5.41) is 12.3. The molecule has 1 heteroatoms. The van der Waals surface area contributed by atoms with E-state index in [2.05, 4.69) is 110 Å². The Balaban J connectivity index is 1.46. The third kappa shape index (κ3) is 2.68. The van der Waals surface area contributed by atoms with Gasteiger partial charge in [-0.2, -0.15) is 0 Å². The SMILES string of the molecule is C=CC1(CCCO)c2ccccc2-c2ccc(-c3ccc4c5c(cccc35)-c3ccccc3-4)cc21. The van der Waals surface area contributed by atoms with Gasteiger partial charge < -0.3 is 5.11 Å². The van der Waals surface area contributed by atoms with Crippen molar-refractivity contribution in [3.63, 3.8) is 0 Å². The number of allylic oxidation sites excluding steroid dienone is 1. The molecule has 0 heterocycles. The van der Waals surface area contributed by atoms with E-state index in [-0.39, 0.29) is 12.0 Å². The Morgan fingerprint density at radius 3 is 2.03 bits per heavy atom. The van der Waals surface area contributed by atoms with Crippen LogP contribution in [0.5, 0.6) is 0 Å². The van der Waals surface area contributed by atoms with Crippen LogP contribution in [0.1, 0.15) is 24.0 Å². The molecule has 0 fully saturated rings. The lowest BCUT2D eigenvalue weighted by atomic mass is 9.74. The predicted molar refractivity (Wildman–Crippen MR) is 147 cm³/mol. The van der Waals surface area contributed by atoms with E-state index in [1.165, 1.54) is 66.4 Å². The minimum atomic E-state index is -0.282. The first-order chi connectivity index (χ1) is 17.3. The number of fused-ring (bicyclic) bond motifs is 6. The van der Waals surface area contributed by atoms with E-state index in [1.54, 1.807) is 0 Å². The van der Waals surface area contributed by atoms with Crippen molar-refractivity contribution >= 4 is 10.8 Å². The number of hydrogen-bond acceptors (Lipinski definition) is 1. The zero-order valence-electron chi connectivity index (χ0n) is 19.6. The van der Waals surface area contributed by atoms with E-state index in [0.717, 1.165) is 12.8 Å². The molecule has 1 atom stereocenters. The van der Waals surface area contributed by atoms with Gasteiger partial charge in [0.1, 0.15) is 0 Å². The highest BCUT2D eigenvalue weighted by molar-refractivity contribution is 6.18. The lowest BCUT2D eigenvalue weighted by Crippen LogP contribution is -2.22. The summed E-state index contributed by atoms with van der Waals surface area (Å²) in [6.07, 6.45) is 3.68. The molecule has 5 aromatic carbocycles. The molecule has 7 rings (SSSR count). The Bertz CT molecular complexity index is 1630. The van der Waals surface area contributed by atoms with E-state index in [4.69, 9.17) is 0 Å². The Morgan fingerprint density at radius 1 is 0.629 bits per heavy atom. The average molecular weight is 451 g/mol. The molecule has 1 unspecified atom stereocenters. The van der Waals surface area contributed by atoms with Crippen molar-refractivity contribution in [3.05, 3.63) is 121 Å². The number of hydrogen-bond donors (Lipinski definition) is 1. The minimum absolute atomic E-state index is 0.183. The van der Waals surface area contributed by atoms with Gasteiger partial charge in [0.2, 0.25) is 0 Å². The monoisotopic (exact) mass is 450 g/mol. The lowest BCUT2D eigenvalue weighted by molar-refractivity contribution is 0.276. The maximum atomic E-state index is 9.68. The van der Waals surface area contributed by atoms with Crippen molar-refractivity contribution in [3.8, 4) is 44.5 Å². The molecule has 2 aliphatic rings. The van der Waals surface area contributed by atoms with Crippen LogP contribution in [0.3, 0.4) is 0 Å². The molecule has 0 aliphatic heterocycles. The Kier molecular flexibility index (Phi) is 4.40. The van der Waals surface area contributed by atoms with E-state index in [1.807, 2.05) is 0 Å². The van der Waals surface area contributed by atoms with Crippen LogP contribution in [0.4, 0.5) is 0 Å². The normalized spacial score (nSPS) is 16.7. The molecule has 168 valence electrons. The molecule has 1 N–H and O–H groups in total. The van der Waals surface area contributed by atoms with Crippen LogP contribution in [0, 0.1) is 0 Å². The topological polar surface area (TPSA) is 20.2 Å². The zero-order chi connectivity index (χ0) is 23.6. The Hall–Kier alpha value is -3.94. The van der Waals surface area contributed by atoms with Crippen molar-refractivity contribution in [2.24, 2.45) is 0 Å². The predicted octanol–water partition coefficient (Wildman–Crippen LogP) is 8.38. The van der Waals surface area contributed by atoms with Crippen LogP contribution in [0.2, 0.25) is 0 Å². The molecule has 1 nitrogen and oxygen atoms in total. The standard InChI is InChI=1S/C34H26O/c1-2-34(19-8-20-35)31-14-6-5-11-26(31)27-16-15-22(21-32(27)34)23-17-18-30-25-10-4-3-9-24(25)29-13-7-12-28(23)33(29)30/h2-7,9-18,21,35H,1,8,19-20H2. The Morgan fingerprint density at radius 2 is 1.26 bits per heavy atom. The molecule has 2 aliphatic carbocycles. The average Bonchev–Trinajstić information content (AvgIpc) is 3.39. The van der Waals surface area contributed by atoms with Crippen LogP contribution in [-0.4, -0.2) is 11.7 Å². The second-order valence-electron chi connectivity index (χ2n) is 9.74. The summed E-state index contributed by atoms with van der Waals surface area (Å²) < 4.78 is 0. The lowest BCUT2D eigenvalue weighted by Gasteiger charge is -2.29. The first-order valence-corrected chi connectivity index (χ1v) is 12.4. The quantitative estimate of drug-likeness (QED) is 0.262. The fourth-order valence-corrected chi connectivity index (χ4v) is 6.58. The molecular formula is C34H26O. The van der Waals surface area contributed by atoms with Gasteiger partial charge in [0, 0.05) is 12.0 Å². The first-order valence-electron chi connectivity index (χ1n) is 12.4. The number of rotatable bonds is 5. The summed E-state index contributed by atoms with van der Waals surface area (Å²) in [5.41, 5.74) is 12.7. The minimum Gasteiger partial charge on any atom is -0.396 e. The van der Waals surface area contributed by atoms with Gasteiger partial charge in [-0.05, 0) is 85.3 Å². The fourth-order valence-electron chi connectivity index (χ4n) is 6.58. The summed E-state index contributed by atoms with van der Waals surface area (Å²) in [5.74, 6) is 0. The summed E-state index contributed by atoms with van der Waals surface area (Å²) >= 11 is 0. The van der Waals surface area contributed by atoms with Crippen molar-refractivity contribution in [1.82, 2.24) is 0 Å². The van der Waals surface area contributed by atoms with Gasteiger partial charge >= 0.3 is 0 Å². The van der Waals surface area contributed by atoms with Gasteiger partial charge in [-0.3, -0.25) is 0 Å². The second-order valence-corrected chi connectivity index (χ2v) is 9.74. The van der Waals surface area contributed by atoms with Gasteiger partial charge in [0.25, 0.3) is 0 Å². The summed E-state index contributed by atoms with van der Waals surface area (Å²) in [7, 11) is 0. The number of benzene rings is 5. The highest BCUT2D eigenvalue weighted by atomic mass is 16.2. The largest absolute Gasteiger partial charge is 0.396 e. The molecule has 0 saturated carbocycles. The van der Waals surface area contributed by atoms with Crippen molar-refractivity contribution in [2.45, 2.75) is 18.3 Å². The van der Waals surface area contributed by atoms with Gasteiger partial charge in [-0.25, -0.2) is 0 Å². The van der Waals surface area contributed by atoms with Crippen molar-refractivity contribution in [2.75, 3.05) is 6.61 Å². The van der Waals surface area contributed by atoms with Crippen LogP contribution in [0.15, 0.2) is 110 Å². The van der Waals surface area contributed by atoms with E-state index >= 15 is 0 Å². The third-order valence-electron chi connectivity index (χ3n) is 8.13. The van der Waals surface area contributed by atoms with Gasteiger partial charge in [-0.15, -0.1) is 6.58 Å².